The molecule has 7 nitrogen and oxygen atoms in total. The van der Waals surface area contributed by atoms with Crippen molar-refractivity contribution in [2.75, 3.05) is 12.4 Å². The number of carbonyl (C=O) groups excluding carboxylic acids is 1. The number of hydrogen-bond acceptors (Lipinski definition) is 6. The first kappa shape index (κ1) is 25.5. The lowest BCUT2D eigenvalue weighted by molar-refractivity contribution is -0.183. The van der Waals surface area contributed by atoms with Crippen LogP contribution in [0.4, 0.5) is 18.9 Å². The van der Waals surface area contributed by atoms with Crippen LogP contribution in [0.5, 0.6) is 0 Å². The third-order valence-electron chi connectivity index (χ3n) is 5.70. The fourth-order valence-corrected chi connectivity index (χ4v) is 3.83. The maximum absolute atomic E-state index is 13.8. The molecule has 0 amide bonds. The molecule has 1 N–H and O–H groups in total. The van der Waals surface area contributed by atoms with Gasteiger partial charge in [0.2, 0.25) is 0 Å². The fourth-order valence-electron chi connectivity index (χ4n) is 3.68. The van der Waals surface area contributed by atoms with Gasteiger partial charge in [0, 0.05) is 12.6 Å². The quantitative estimate of drug-likeness (QED) is 0.391. The van der Waals surface area contributed by atoms with E-state index in [9.17, 15) is 22.8 Å². The van der Waals surface area contributed by atoms with Crippen LogP contribution >= 0.6 is 11.6 Å². The molecule has 0 saturated carbocycles. The number of fused-ring (bicyclic) bond motifs is 1. The number of anilines is 1. The molecule has 0 spiro atoms. The van der Waals surface area contributed by atoms with Gasteiger partial charge in [-0.2, -0.15) is 13.2 Å². The van der Waals surface area contributed by atoms with Crippen molar-refractivity contribution in [3.63, 3.8) is 0 Å². The van der Waals surface area contributed by atoms with Crippen LogP contribution in [0, 0.1) is 6.92 Å². The van der Waals surface area contributed by atoms with Crippen LogP contribution in [-0.2, 0) is 17.2 Å². The van der Waals surface area contributed by atoms with Crippen molar-refractivity contribution in [2.45, 2.75) is 45.3 Å². The van der Waals surface area contributed by atoms with E-state index < -0.39 is 35.0 Å². The lowest BCUT2D eigenvalue weighted by Crippen LogP contribution is -2.42. The first-order valence-electron chi connectivity index (χ1n) is 10.3. The molecule has 0 fully saturated rings. The molecule has 2 aromatic heterocycles. The summed E-state index contributed by atoms with van der Waals surface area (Å²) in [6.45, 7) is 5.47. The summed E-state index contributed by atoms with van der Waals surface area (Å²) in [4.78, 5) is 33.6. The second-order valence-corrected chi connectivity index (χ2v) is 8.95. The van der Waals surface area contributed by atoms with Crippen LogP contribution in [0.1, 0.15) is 54.3 Å². The van der Waals surface area contributed by atoms with Gasteiger partial charge >= 0.3 is 12.1 Å². The topological polar surface area (TPSA) is 86.1 Å². The zero-order valence-corrected chi connectivity index (χ0v) is 20.2. The van der Waals surface area contributed by atoms with Crippen LogP contribution in [0.2, 0.25) is 5.15 Å². The van der Waals surface area contributed by atoms with Crippen molar-refractivity contribution in [3.05, 3.63) is 62.4 Å². The molecule has 0 unspecified atom stereocenters. The second-order valence-electron chi connectivity index (χ2n) is 8.56. The van der Waals surface area contributed by atoms with Crippen molar-refractivity contribution in [1.29, 1.82) is 0 Å². The highest BCUT2D eigenvalue weighted by atomic mass is 35.5. The molecular weight excluding hydrogens is 473 g/mol. The summed E-state index contributed by atoms with van der Waals surface area (Å²) in [7, 11) is 2.49. The summed E-state index contributed by atoms with van der Waals surface area (Å²) in [5.41, 5.74) is -1.36. The highest BCUT2D eigenvalue weighted by Gasteiger charge is 2.51. The Kier molecular flexibility index (Phi) is 6.67. The molecule has 0 aliphatic rings. The van der Waals surface area contributed by atoms with E-state index in [2.05, 4.69) is 15.3 Å². The number of nitrogens with zero attached hydrogens (tertiary/aromatic N) is 3. The highest BCUT2D eigenvalue weighted by molar-refractivity contribution is 6.29. The largest absolute Gasteiger partial charge is 0.464 e. The second kappa shape index (κ2) is 8.90. The monoisotopic (exact) mass is 496 g/mol. The Balaban J connectivity index is 2.22. The van der Waals surface area contributed by atoms with Gasteiger partial charge in [0.05, 0.1) is 29.7 Å². The number of aryl methyl sites for hydroxylation is 1. The lowest BCUT2D eigenvalue weighted by Gasteiger charge is -2.29. The van der Waals surface area contributed by atoms with E-state index in [4.69, 9.17) is 16.3 Å². The first-order valence-corrected chi connectivity index (χ1v) is 10.7. The van der Waals surface area contributed by atoms with E-state index in [0.717, 1.165) is 24.0 Å². The number of halogens is 4. The highest BCUT2D eigenvalue weighted by Crippen LogP contribution is 2.40. The predicted octanol–water partition coefficient (Wildman–Crippen LogP) is 5.09. The van der Waals surface area contributed by atoms with E-state index in [0.29, 0.717) is 11.3 Å². The van der Waals surface area contributed by atoms with Gasteiger partial charge in [-0.15, -0.1) is 0 Å². The molecule has 0 radical (unpaired) electrons. The van der Waals surface area contributed by atoms with Crippen LogP contribution in [-0.4, -0.2) is 33.8 Å². The minimum absolute atomic E-state index is 0.0541. The van der Waals surface area contributed by atoms with E-state index in [1.807, 2.05) is 0 Å². The number of nitrogens with one attached hydrogen (secondary N) is 1. The first-order chi connectivity index (χ1) is 15.7. The molecule has 2 heterocycles. The van der Waals surface area contributed by atoms with E-state index in [1.165, 1.54) is 20.2 Å². The Labute approximate surface area is 198 Å². The zero-order valence-electron chi connectivity index (χ0n) is 19.5. The summed E-state index contributed by atoms with van der Waals surface area (Å²) in [5.74, 6) is -1.12. The number of benzene rings is 1. The SMILES string of the molecule is COC(=O)c1nc(Cl)ccc1N[C@H](C)c1cc(C)cc2c(=O)n(C)c(C(C)(C)C(F)(F)F)nc12. The molecule has 0 saturated heterocycles. The molecule has 3 aromatic rings. The number of pyridine rings is 1. The number of esters is 1. The standard InChI is InChI=1S/C23H24ClF3N4O3/c1-11-9-13(12(2)28-15-7-8-16(24)29-18(15)20(33)34-6)17-14(10-11)19(32)31(5)21(30-17)22(3,4)23(25,26)27/h7-10,12,28H,1-6H3/t12-/m1/s1. The van der Waals surface area contributed by atoms with Gasteiger partial charge in [-0.3, -0.25) is 9.36 Å². The van der Waals surface area contributed by atoms with Crippen molar-refractivity contribution in [3.8, 4) is 0 Å². The van der Waals surface area contributed by atoms with E-state index >= 15 is 0 Å². The molecule has 3 rings (SSSR count). The summed E-state index contributed by atoms with van der Waals surface area (Å²) in [5, 5.41) is 3.40. The average Bonchev–Trinajstić information content (AvgIpc) is 2.75. The molecule has 0 aliphatic heterocycles. The molecule has 1 aromatic carbocycles. The van der Waals surface area contributed by atoms with Gasteiger partial charge in [0.15, 0.2) is 5.69 Å². The molecule has 182 valence electrons. The number of alkyl halides is 3. The Hall–Kier alpha value is -3.14. The Morgan fingerprint density at radius 1 is 1.21 bits per heavy atom. The molecule has 1 atom stereocenters. The van der Waals surface area contributed by atoms with Gasteiger partial charge in [-0.05, 0) is 51.5 Å². The number of rotatable bonds is 5. The van der Waals surface area contributed by atoms with Crippen LogP contribution in [0.25, 0.3) is 10.9 Å². The van der Waals surface area contributed by atoms with Crippen molar-refractivity contribution < 1.29 is 22.7 Å². The number of methoxy groups -OCH3 is 1. The van der Waals surface area contributed by atoms with Gasteiger partial charge in [0.1, 0.15) is 16.4 Å². The summed E-state index contributed by atoms with van der Waals surface area (Å²) in [6.07, 6.45) is -4.63. The van der Waals surface area contributed by atoms with Crippen LogP contribution in [0.15, 0.2) is 29.1 Å². The number of carbonyl (C=O) groups is 1. The zero-order chi connectivity index (χ0) is 25.6. The molecule has 0 bridgehead atoms. The third-order valence-corrected chi connectivity index (χ3v) is 5.91. The molecule has 0 aliphatic carbocycles. The minimum atomic E-state index is -4.63. The Morgan fingerprint density at radius 2 is 1.85 bits per heavy atom. The van der Waals surface area contributed by atoms with Gasteiger partial charge < -0.3 is 10.1 Å². The average molecular weight is 497 g/mol. The molecule has 34 heavy (non-hydrogen) atoms. The van der Waals surface area contributed by atoms with Crippen LogP contribution in [0.3, 0.4) is 0 Å². The van der Waals surface area contributed by atoms with Crippen LogP contribution < -0.4 is 10.9 Å². The fraction of sp³-hybridized carbons (Fsp3) is 0.391. The maximum Gasteiger partial charge on any atom is 0.400 e. The van der Waals surface area contributed by atoms with Crippen molar-refractivity contribution in [2.24, 2.45) is 7.05 Å². The predicted molar refractivity (Wildman–Crippen MR) is 123 cm³/mol. The Morgan fingerprint density at radius 3 is 2.44 bits per heavy atom. The summed E-state index contributed by atoms with van der Waals surface area (Å²) >= 11 is 5.91. The Bertz CT molecular complexity index is 1340. The molecular formula is C23H24ClF3N4O3. The number of ether oxygens (including phenoxy) is 1. The van der Waals surface area contributed by atoms with Gasteiger partial charge in [-0.1, -0.05) is 17.7 Å². The smallest absolute Gasteiger partial charge is 0.400 e. The third kappa shape index (κ3) is 4.46. The van der Waals surface area contributed by atoms with E-state index in [-0.39, 0.29) is 21.7 Å². The number of hydrogen-bond donors (Lipinski definition) is 1. The van der Waals surface area contributed by atoms with Crippen molar-refractivity contribution in [1.82, 2.24) is 14.5 Å². The summed E-state index contributed by atoms with van der Waals surface area (Å²) in [6, 6.07) is 5.78. The lowest BCUT2D eigenvalue weighted by atomic mass is 9.90. The minimum Gasteiger partial charge on any atom is -0.464 e. The number of aromatic nitrogens is 3. The molecule has 11 heteroatoms. The maximum atomic E-state index is 13.8. The summed E-state index contributed by atoms with van der Waals surface area (Å²) < 4.78 is 47.1. The van der Waals surface area contributed by atoms with E-state index in [1.54, 1.807) is 32.0 Å². The van der Waals surface area contributed by atoms with Gasteiger partial charge in [-0.25, -0.2) is 14.8 Å². The van der Waals surface area contributed by atoms with Crippen molar-refractivity contribution >= 4 is 34.2 Å². The van der Waals surface area contributed by atoms with Gasteiger partial charge in [0.25, 0.3) is 5.56 Å². The normalized spacial score (nSPS) is 13.1.